The van der Waals surface area contributed by atoms with Gasteiger partial charge in [-0.15, -0.1) is 11.6 Å². The summed E-state index contributed by atoms with van der Waals surface area (Å²) in [5, 5.41) is 0.144. The van der Waals surface area contributed by atoms with Crippen LogP contribution in [-0.2, 0) is 6.42 Å². The van der Waals surface area contributed by atoms with Crippen LogP contribution < -0.4 is 0 Å². The SMILES string of the molecule is Cc1ccc(C)c(C(Cl)Cc2c(F)cccc2Cl)c1. The smallest absolute Gasteiger partial charge is 0.127 e. The first-order valence-corrected chi connectivity index (χ1v) is 6.94. The minimum atomic E-state index is -0.302. The fourth-order valence-electron chi connectivity index (χ4n) is 2.11. The number of alkyl halides is 1. The Morgan fingerprint density at radius 3 is 2.58 bits per heavy atom. The van der Waals surface area contributed by atoms with E-state index in [0.29, 0.717) is 17.0 Å². The first kappa shape index (κ1) is 14.4. The van der Waals surface area contributed by atoms with Crippen molar-refractivity contribution >= 4 is 23.2 Å². The average Bonchev–Trinajstić information content (AvgIpc) is 2.37. The maximum atomic E-state index is 13.8. The molecule has 1 atom stereocenters. The Bertz CT molecular complexity index is 573. The van der Waals surface area contributed by atoms with Gasteiger partial charge >= 0.3 is 0 Å². The van der Waals surface area contributed by atoms with Crippen molar-refractivity contribution in [3.05, 3.63) is 69.5 Å². The molecule has 0 spiro atoms. The van der Waals surface area contributed by atoms with Crippen LogP contribution in [0.25, 0.3) is 0 Å². The summed E-state index contributed by atoms with van der Waals surface area (Å²) in [6.45, 7) is 4.02. The van der Waals surface area contributed by atoms with Crippen LogP contribution in [0.4, 0.5) is 4.39 Å². The Balaban J connectivity index is 2.31. The molecule has 2 rings (SSSR count). The number of rotatable bonds is 3. The highest BCUT2D eigenvalue weighted by Gasteiger charge is 2.16. The quantitative estimate of drug-likeness (QED) is 0.645. The highest BCUT2D eigenvalue weighted by molar-refractivity contribution is 6.31. The second-order valence-electron chi connectivity index (χ2n) is 4.73. The van der Waals surface area contributed by atoms with E-state index in [1.54, 1.807) is 12.1 Å². The molecule has 0 aliphatic rings. The Labute approximate surface area is 123 Å². The zero-order chi connectivity index (χ0) is 14.0. The molecule has 0 amide bonds. The van der Waals surface area contributed by atoms with Crippen LogP contribution in [0.3, 0.4) is 0 Å². The van der Waals surface area contributed by atoms with Gasteiger partial charge in [0.1, 0.15) is 5.82 Å². The number of hydrogen-bond acceptors (Lipinski definition) is 0. The highest BCUT2D eigenvalue weighted by Crippen LogP contribution is 2.31. The molecule has 0 N–H and O–H groups in total. The van der Waals surface area contributed by atoms with Gasteiger partial charge in [0.2, 0.25) is 0 Å². The number of hydrogen-bond donors (Lipinski definition) is 0. The summed E-state index contributed by atoms with van der Waals surface area (Å²) in [7, 11) is 0. The molecule has 0 fully saturated rings. The van der Waals surface area contributed by atoms with Gasteiger partial charge in [0.15, 0.2) is 0 Å². The van der Waals surface area contributed by atoms with Crippen molar-refractivity contribution in [3.8, 4) is 0 Å². The Morgan fingerprint density at radius 1 is 1.16 bits per heavy atom. The van der Waals surface area contributed by atoms with E-state index in [2.05, 4.69) is 0 Å². The summed E-state index contributed by atoms with van der Waals surface area (Å²) >= 11 is 12.5. The predicted octanol–water partition coefficient (Wildman–Crippen LogP) is 5.62. The standard InChI is InChI=1S/C16H15Cl2F/c1-10-6-7-11(2)12(8-10)15(18)9-13-14(17)4-3-5-16(13)19/h3-8,15H,9H2,1-2H3. The lowest BCUT2D eigenvalue weighted by Gasteiger charge is -2.15. The third-order valence-electron chi connectivity index (χ3n) is 3.22. The van der Waals surface area contributed by atoms with Crippen molar-refractivity contribution in [2.24, 2.45) is 0 Å². The molecule has 100 valence electrons. The zero-order valence-electron chi connectivity index (χ0n) is 10.9. The lowest BCUT2D eigenvalue weighted by atomic mass is 9.98. The second-order valence-corrected chi connectivity index (χ2v) is 5.67. The lowest BCUT2D eigenvalue weighted by molar-refractivity contribution is 0.607. The Hall–Kier alpha value is -1.05. The van der Waals surface area contributed by atoms with Gasteiger partial charge in [-0.05, 0) is 43.5 Å². The maximum absolute atomic E-state index is 13.8. The summed E-state index contributed by atoms with van der Waals surface area (Å²) in [5.74, 6) is -0.302. The normalized spacial score (nSPS) is 12.5. The largest absolute Gasteiger partial charge is 0.207 e. The van der Waals surface area contributed by atoms with E-state index in [0.717, 1.165) is 16.7 Å². The van der Waals surface area contributed by atoms with E-state index in [-0.39, 0.29) is 11.2 Å². The van der Waals surface area contributed by atoms with E-state index >= 15 is 0 Å². The second kappa shape index (κ2) is 5.94. The monoisotopic (exact) mass is 296 g/mol. The van der Waals surface area contributed by atoms with Crippen molar-refractivity contribution in [3.63, 3.8) is 0 Å². The molecule has 2 aromatic rings. The van der Waals surface area contributed by atoms with Crippen molar-refractivity contribution in [2.45, 2.75) is 25.6 Å². The molecule has 0 aliphatic heterocycles. The summed E-state index contributed by atoms with van der Waals surface area (Å²) in [4.78, 5) is 0. The topological polar surface area (TPSA) is 0 Å². The van der Waals surface area contributed by atoms with Crippen molar-refractivity contribution in [1.29, 1.82) is 0 Å². The molecule has 19 heavy (non-hydrogen) atoms. The summed E-state index contributed by atoms with van der Waals surface area (Å²) in [5.41, 5.74) is 3.76. The molecule has 2 aromatic carbocycles. The number of halogens is 3. The van der Waals surface area contributed by atoms with Crippen LogP contribution in [0.1, 0.15) is 27.6 Å². The van der Waals surface area contributed by atoms with Gasteiger partial charge in [-0.1, -0.05) is 41.4 Å². The third kappa shape index (κ3) is 3.29. The van der Waals surface area contributed by atoms with Gasteiger partial charge in [0.05, 0.1) is 5.38 Å². The summed E-state index contributed by atoms with van der Waals surface area (Å²) in [6, 6.07) is 10.8. The van der Waals surface area contributed by atoms with E-state index in [4.69, 9.17) is 23.2 Å². The molecule has 3 heteroatoms. The minimum Gasteiger partial charge on any atom is -0.207 e. The van der Waals surface area contributed by atoms with Crippen LogP contribution in [0.2, 0.25) is 5.02 Å². The molecule has 0 nitrogen and oxygen atoms in total. The van der Waals surface area contributed by atoms with Gasteiger partial charge in [-0.2, -0.15) is 0 Å². The van der Waals surface area contributed by atoms with Crippen molar-refractivity contribution in [2.75, 3.05) is 0 Å². The van der Waals surface area contributed by atoms with Crippen molar-refractivity contribution in [1.82, 2.24) is 0 Å². The molecular formula is C16H15Cl2F. The van der Waals surface area contributed by atoms with Crippen LogP contribution in [0.5, 0.6) is 0 Å². The van der Waals surface area contributed by atoms with Crippen LogP contribution in [-0.4, -0.2) is 0 Å². The van der Waals surface area contributed by atoms with Gasteiger partial charge in [-0.3, -0.25) is 0 Å². The first-order valence-electron chi connectivity index (χ1n) is 6.13. The van der Waals surface area contributed by atoms with Gasteiger partial charge < -0.3 is 0 Å². The molecular weight excluding hydrogens is 282 g/mol. The van der Waals surface area contributed by atoms with E-state index in [9.17, 15) is 4.39 Å². The third-order valence-corrected chi connectivity index (χ3v) is 3.96. The van der Waals surface area contributed by atoms with E-state index in [1.165, 1.54) is 6.07 Å². The van der Waals surface area contributed by atoms with Gasteiger partial charge in [-0.25, -0.2) is 4.39 Å². The summed E-state index contributed by atoms with van der Waals surface area (Å²) < 4.78 is 13.8. The van der Waals surface area contributed by atoms with Crippen LogP contribution in [0, 0.1) is 19.7 Å². The van der Waals surface area contributed by atoms with Crippen LogP contribution >= 0.6 is 23.2 Å². The maximum Gasteiger partial charge on any atom is 0.127 e. The fourth-order valence-corrected chi connectivity index (χ4v) is 2.74. The predicted molar refractivity (Wildman–Crippen MR) is 79.6 cm³/mol. The number of aryl methyl sites for hydroxylation is 2. The molecule has 0 saturated heterocycles. The average molecular weight is 297 g/mol. The van der Waals surface area contributed by atoms with Crippen molar-refractivity contribution < 1.29 is 4.39 Å². The zero-order valence-corrected chi connectivity index (χ0v) is 12.4. The van der Waals surface area contributed by atoms with E-state index in [1.807, 2.05) is 32.0 Å². The molecule has 0 saturated carbocycles. The molecule has 1 unspecified atom stereocenters. The molecule has 0 aromatic heterocycles. The van der Waals surface area contributed by atoms with Gasteiger partial charge in [0.25, 0.3) is 0 Å². The molecule has 0 bridgehead atoms. The number of benzene rings is 2. The van der Waals surface area contributed by atoms with Crippen LogP contribution in [0.15, 0.2) is 36.4 Å². The first-order chi connectivity index (χ1) is 8.99. The Kier molecular flexibility index (Phi) is 4.49. The summed E-state index contributed by atoms with van der Waals surface area (Å²) in [6.07, 6.45) is 0.386. The minimum absolute atomic E-state index is 0.283. The lowest BCUT2D eigenvalue weighted by Crippen LogP contribution is -2.01. The Morgan fingerprint density at radius 2 is 1.89 bits per heavy atom. The van der Waals surface area contributed by atoms with E-state index < -0.39 is 0 Å². The molecule has 0 radical (unpaired) electrons. The highest BCUT2D eigenvalue weighted by atomic mass is 35.5. The molecule has 0 heterocycles. The fraction of sp³-hybridized carbons (Fsp3) is 0.250. The van der Waals surface area contributed by atoms with Gasteiger partial charge in [0, 0.05) is 10.6 Å². The molecule has 0 aliphatic carbocycles.